The van der Waals surface area contributed by atoms with E-state index in [2.05, 4.69) is 5.10 Å². The summed E-state index contributed by atoms with van der Waals surface area (Å²) in [6.07, 6.45) is 5.35. The van der Waals surface area contributed by atoms with Crippen LogP contribution in [0.15, 0.2) is 36.7 Å². The minimum atomic E-state index is -0.978. The van der Waals surface area contributed by atoms with Gasteiger partial charge in [0.15, 0.2) is 0 Å². The molecule has 1 aliphatic carbocycles. The molecule has 1 heterocycles. The van der Waals surface area contributed by atoms with Gasteiger partial charge in [0.05, 0.1) is 6.20 Å². The lowest BCUT2D eigenvalue weighted by Gasteiger charge is -2.26. The van der Waals surface area contributed by atoms with Crippen molar-refractivity contribution in [1.82, 2.24) is 14.7 Å². The van der Waals surface area contributed by atoms with Crippen molar-refractivity contribution >= 4 is 11.9 Å². The summed E-state index contributed by atoms with van der Waals surface area (Å²) in [4.78, 5) is 25.6. The molecule has 1 unspecified atom stereocenters. The third-order valence-corrected chi connectivity index (χ3v) is 4.10. The number of nitrogens with zero attached hydrogens (tertiary/aromatic N) is 3. The molecule has 1 atom stereocenters. The standard InChI is InChI=1S/C17H19N3O3/c1-11(17(22)23)20(15-6-7-15)16(21)13-5-3-4-12(8-13)14-9-18-19(2)10-14/h3-5,8-11,15H,6-7H2,1-2H3,(H,22,23). The molecule has 3 rings (SSSR count). The Bertz CT molecular complexity index is 749. The molecule has 1 saturated carbocycles. The van der Waals surface area contributed by atoms with Crippen molar-refractivity contribution in [3.63, 3.8) is 0 Å². The quantitative estimate of drug-likeness (QED) is 0.918. The summed E-state index contributed by atoms with van der Waals surface area (Å²) in [5.41, 5.74) is 2.32. The molecule has 0 saturated heterocycles. The van der Waals surface area contributed by atoms with E-state index in [1.54, 1.807) is 29.9 Å². The van der Waals surface area contributed by atoms with Crippen molar-refractivity contribution in [2.75, 3.05) is 0 Å². The van der Waals surface area contributed by atoms with E-state index < -0.39 is 12.0 Å². The second-order valence-corrected chi connectivity index (χ2v) is 5.94. The molecule has 0 bridgehead atoms. The highest BCUT2D eigenvalue weighted by molar-refractivity contribution is 5.98. The topological polar surface area (TPSA) is 75.4 Å². The van der Waals surface area contributed by atoms with Crippen molar-refractivity contribution in [3.8, 4) is 11.1 Å². The van der Waals surface area contributed by atoms with Crippen LogP contribution in [0.5, 0.6) is 0 Å². The van der Waals surface area contributed by atoms with Gasteiger partial charge in [0.2, 0.25) is 0 Å². The normalized spacial score (nSPS) is 15.2. The summed E-state index contributed by atoms with van der Waals surface area (Å²) in [5, 5.41) is 13.4. The molecule has 1 fully saturated rings. The predicted octanol–water partition coefficient (Wildman–Crippen LogP) is 2.16. The van der Waals surface area contributed by atoms with Crippen LogP contribution in [0.25, 0.3) is 11.1 Å². The lowest BCUT2D eigenvalue weighted by Crippen LogP contribution is -2.44. The van der Waals surface area contributed by atoms with Crippen LogP contribution < -0.4 is 0 Å². The minimum absolute atomic E-state index is 0.0376. The van der Waals surface area contributed by atoms with Crippen molar-refractivity contribution in [3.05, 3.63) is 42.2 Å². The van der Waals surface area contributed by atoms with Gasteiger partial charge in [-0.1, -0.05) is 12.1 Å². The number of aromatic nitrogens is 2. The Kier molecular flexibility index (Phi) is 3.90. The Morgan fingerprint density at radius 3 is 2.65 bits per heavy atom. The fourth-order valence-corrected chi connectivity index (χ4v) is 2.68. The van der Waals surface area contributed by atoms with Crippen LogP contribution in [0.3, 0.4) is 0 Å². The zero-order valence-electron chi connectivity index (χ0n) is 13.1. The number of amides is 1. The summed E-state index contributed by atoms with van der Waals surface area (Å²) < 4.78 is 1.70. The minimum Gasteiger partial charge on any atom is -0.480 e. The molecule has 0 aliphatic heterocycles. The predicted molar refractivity (Wildman–Crippen MR) is 84.9 cm³/mol. The third-order valence-electron chi connectivity index (χ3n) is 4.10. The number of carboxylic acids is 1. The van der Waals surface area contributed by atoms with Gasteiger partial charge in [0, 0.05) is 30.4 Å². The van der Waals surface area contributed by atoms with Crippen molar-refractivity contribution in [1.29, 1.82) is 0 Å². The first-order valence-electron chi connectivity index (χ1n) is 7.62. The van der Waals surface area contributed by atoms with Gasteiger partial charge in [0.1, 0.15) is 6.04 Å². The molecular formula is C17H19N3O3. The van der Waals surface area contributed by atoms with Crippen LogP contribution in [-0.2, 0) is 11.8 Å². The smallest absolute Gasteiger partial charge is 0.326 e. The molecule has 2 aromatic rings. The summed E-state index contributed by atoms with van der Waals surface area (Å²) in [7, 11) is 1.84. The fraction of sp³-hybridized carbons (Fsp3) is 0.353. The van der Waals surface area contributed by atoms with E-state index in [4.69, 9.17) is 0 Å². The zero-order chi connectivity index (χ0) is 16.6. The Morgan fingerprint density at radius 2 is 2.09 bits per heavy atom. The second-order valence-electron chi connectivity index (χ2n) is 5.94. The van der Waals surface area contributed by atoms with Gasteiger partial charge >= 0.3 is 5.97 Å². The van der Waals surface area contributed by atoms with E-state index >= 15 is 0 Å². The molecule has 1 N–H and O–H groups in total. The summed E-state index contributed by atoms with van der Waals surface area (Å²) in [5.74, 6) is -1.21. The number of carbonyl (C=O) groups is 2. The van der Waals surface area contributed by atoms with Crippen molar-refractivity contribution < 1.29 is 14.7 Å². The van der Waals surface area contributed by atoms with E-state index in [1.807, 2.05) is 25.4 Å². The maximum Gasteiger partial charge on any atom is 0.326 e. The fourth-order valence-electron chi connectivity index (χ4n) is 2.68. The van der Waals surface area contributed by atoms with Crippen LogP contribution in [0.2, 0.25) is 0 Å². The molecule has 23 heavy (non-hydrogen) atoms. The van der Waals surface area contributed by atoms with Gasteiger partial charge in [-0.3, -0.25) is 9.48 Å². The average Bonchev–Trinajstić information content (AvgIpc) is 3.27. The molecule has 1 aromatic carbocycles. The monoisotopic (exact) mass is 313 g/mol. The molecule has 6 nitrogen and oxygen atoms in total. The summed E-state index contributed by atoms with van der Waals surface area (Å²) >= 11 is 0. The van der Waals surface area contributed by atoms with Gasteiger partial charge in [0.25, 0.3) is 5.91 Å². The first kappa shape index (κ1) is 15.3. The maximum absolute atomic E-state index is 12.8. The van der Waals surface area contributed by atoms with E-state index in [9.17, 15) is 14.7 Å². The Morgan fingerprint density at radius 1 is 1.35 bits per heavy atom. The lowest BCUT2D eigenvalue weighted by atomic mass is 10.0. The number of carboxylic acid groups (broad SMARTS) is 1. The molecule has 1 aromatic heterocycles. The van der Waals surface area contributed by atoms with Crippen LogP contribution in [0.4, 0.5) is 0 Å². The number of benzene rings is 1. The average molecular weight is 313 g/mol. The second kappa shape index (κ2) is 5.87. The molecule has 6 heteroatoms. The molecule has 0 spiro atoms. The van der Waals surface area contributed by atoms with E-state index in [0.717, 1.165) is 24.0 Å². The third kappa shape index (κ3) is 3.11. The molecule has 1 amide bonds. The number of aryl methyl sites for hydroxylation is 1. The van der Waals surface area contributed by atoms with Crippen LogP contribution in [0.1, 0.15) is 30.1 Å². The van der Waals surface area contributed by atoms with Crippen LogP contribution in [-0.4, -0.2) is 43.7 Å². The first-order chi connectivity index (χ1) is 11.0. The van der Waals surface area contributed by atoms with Crippen LogP contribution in [0, 0.1) is 0 Å². The maximum atomic E-state index is 12.8. The van der Waals surface area contributed by atoms with Gasteiger partial charge in [-0.2, -0.15) is 5.10 Å². The van der Waals surface area contributed by atoms with Crippen LogP contribution >= 0.6 is 0 Å². The number of aliphatic carboxylic acids is 1. The highest BCUT2D eigenvalue weighted by atomic mass is 16.4. The highest BCUT2D eigenvalue weighted by Gasteiger charge is 2.38. The van der Waals surface area contributed by atoms with Gasteiger partial charge in [-0.05, 0) is 37.5 Å². The molecule has 0 radical (unpaired) electrons. The highest BCUT2D eigenvalue weighted by Crippen LogP contribution is 2.31. The lowest BCUT2D eigenvalue weighted by molar-refractivity contribution is -0.141. The molecule has 1 aliphatic rings. The first-order valence-corrected chi connectivity index (χ1v) is 7.62. The van der Waals surface area contributed by atoms with Gasteiger partial charge in [-0.25, -0.2) is 4.79 Å². The molecule has 120 valence electrons. The Balaban J connectivity index is 1.91. The van der Waals surface area contributed by atoms with Crippen molar-refractivity contribution in [2.45, 2.75) is 31.8 Å². The van der Waals surface area contributed by atoms with E-state index in [-0.39, 0.29) is 11.9 Å². The SMILES string of the molecule is CC(C(=O)O)N(C(=O)c1cccc(-c2cnn(C)c2)c1)C1CC1. The van der Waals surface area contributed by atoms with E-state index in [1.165, 1.54) is 4.90 Å². The largest absolute Gasteiger partial charge is 0.480 e. The molecular weight excluding hydrogens is 294 g/mol. The number of hydrogen-bond donors (Lipinski definition) is 1. The van der Waals surface area contributed by atoms with E-state index in [0.29, 0.717) is 5.56 Å². The number of rotatable bonds is 5. The number of hydrogen-bond acceptors (Lipinski definition) is 3. The van der Waals surface area contributed by atoms with Gasteiger partial charge < -0.3 is 10.0 Å². The summed E-state index contributed by atoms with van der Waals surface area (Å²) in [6.45, 7) is 1.56. The Hall–Kier alpha value is -2.63. The number of carbonyl (C=O) groups excluding carboxylic acids is 1. The van der Waals surface area contributed by atoms with Crippen molar-refractivity contribution in [2.24, 2.45) is 7.05 Å². The Labute approximate surface area is 134 Å². The van der Waals surface area contributed by atoms with Gasteiger partial charge in [-0.15, -0.1) is 0 Å². The zero-order valence-corrected chi connectivity index (χ0v) is 13.1. The summed E-state index contributed by atoms with van der Waals surface area (Å²) in [6, 6.07) is 6.46.